The Morgan fingerprint density at radius 3 is 2.94 bits per heavy atom. The highest BCUT2D eigenvalue weighted by Gasteiger charge is 2.06. The zero-order valence-electron chi connectivity index (χ0n) is 9.51. The molecule has 1 aromatic carbocycles. The van der Waals surface area contributed by atoms with Crippen molar-refractivity contribution in [3.63, 3.8) is 0 Å². The van der Waals surface area contributed by atoms with Gasteiger partial charge in [0.2, 0.25) is 0 Å². The minimum atomic E-state index is 0.167. The second-order valence-corrected chi connectivity index (χ2v) is 3.55. The molecule has 0 atom stereocenters. The zero-order chi connectivity index (χ0) is 12.1. The van der Waals surface area contributed by atoms with Gasteiger partial charge in [0, 0.05) is 18.2 Å². The minimum Gasteiger partial charge on any atom is -0.504 e. The van der Waals surface area contributed by atoms with Crippen molar-refractivity contribution < 1.29 is 14.4 Å². The minimum absolute atomic E-state index is 0.167. The van der Waals surface area contributed by atoms with Gasteiger partial charge in [0.25, 0.3) is 0 Å². The Kier molecular flexibility index (Phi) is 3.62. The van der Waals surface area contributed by atoms with E-state index in [1.807, 2.05) is 12.1 Å². The predicted octanol–water partition coefficient (Wildman–Crippen LogP) is 1.68. The van der Waals surface area contributed by atoms with Crippen LogP contribution in [0.5, 0.6) is 11.5 Å². The Labute approximate surface area is 99.0 Å². The SMILES string of the molecule is COc1cccc(CNCc2ccno2)c1O. The average molecular weight is 234 g/mol. The third kappa shape index (κ3) is 2.76. The van der Waals surface area contributed by atoms with E-state index in [0.717, 1.165) is 11.3 Å². The zero-order valence-corrected chi connectivity index (χ0v) is 9.51. The highest BCUT2D eigenvalue weighted by Crippen LogP contribution is 2.29. The van der Waals surface area contributed by atoms with Gasteiger partial charge in [-0.05, 0) is 6.07 Å². The van der Waals surface area contributed by atoms with Gasteiger partial charge in [-0.2, -0.15) is 0 Å². The number of ether oxygens (including phenoxy) is 1. The van der Waals surface area contributed by atoms with Crippen LogP contribution in [0.15, 0.2) is 35.0 Å². The molecule has 0 aliphatic rings. The van der Waals surface area contributed by atoms with Crippen LogP contribution in [0.3, 0.4) is 0 Å². The predicted molar refractivity (Wildman–Crippen MR) is 61.7 cm³/mol. The first kappa shape index (κ1) is 11.5. The molecule has 0 radical (unpaired) electrons. The van der Waals surface area contributed by atoms with Gasteiger partial charge in [-0.1, -0.05) is 17.3 Å². The number of nitrogens with one attached hydrogen (secondary N) is 1. The highest BCUT2D eigenvalue weighted by molar-refractivity contribution is 5.45. The molecule has 17 heavy (non-hydrogen) atoms. The summed E-state index contributed by atoms with van der Waals surface area (Å²) in [6, 6.07) is 7.18. The lowest BCUT2D eigenvalue weighted by molar-refractivity contribution is 0.364. The van der Waals surface area contributed by atoms with Gasteiger partial charge in [-0.3, -0.25) is 0 Å². The fourth-order valence-electron chi connectivity index (χ4n) is 1.53. The molecule has 0 saturated heterocycles. The smallest absolute Gasteiger partial charge is 0.162 e. The van der Waals surface area contributed by atoms with Gasteiger partial charge in [0.05, 0.1) is 19.9 Å². The number of rotatable bonds is 5. The fourth-order valence-corrected chi connectivity index (χ4v) is 1.53. The highest BCUT2D eigenvalue weighted by atomic mass is 16.5. The van der Waals surface area contributed by atoms with Crippen LogP contribution < -0.4 is 10.1 Å². The second-order valence-electron chi connectivity index (χ2n) is 3.55. The van der Waals surface area contributed by atoms with Crippen LogP contribution in [0.2, 0.25) is 0 Å². The van der Waals surface area contributed by atoms with Crippen molar-refractivity contribution in [3.05, 3.63) is 41.8 Å². The summed E-state index contributed by atoms with van der Waals surface area (Å²) in [7, 11) is 1.53. The lowest BCUT2D eigenvalue weighted by Crippen LogP contribution is -2.12. The molecule has 0 spiro atoms. The van der Waals surface area contributed by atoms with Crippen LogP contribution in [0.25, 0.3) is 0 Å². The van der Waals surface area contributed by atoms with Crippen molar-refractivity contribution in [1.82, 2.24) is 10.5 Å². The molecule has 2 N–H and O–H groups in total. The molecule has 0 bridgehead atoms. The molecular weight excluding hydrogens is 220 g/mol. The number of para-hydroxylation sites is 1. The van der Waals surface area contributed by atoms with Gasteiger partial charge in [0.1, 0.15) is 5.76 Å². The Morgan fingerprint density at radius 2 is 2.24 bits per heavy atom. The molecule has 0 aliphatic carbocycles. The van der Waals surface area contributed by atoms with E-state index in [-0.39, 0.29) is 5.75 Å². The summed E-state index contributed by atoms with van der Waals surface area (Å²) >= 11 is 0. The van der Waals surface area contributed by atoms with Crippen LogP contribution in [-0.2, 0) is 13.1 Å². The third-order valence-electron chi connectivity index (χ3n) is 2.41. The van der Waals surface area contributed by atoms with E-state index in [1.165, 1.54) is 7.11 Å². The maximum absolute atomic E-state index is 9.85. The van der Waals surface area contributed by atoms with Gasteiger partial charge in [0.15, 0.2) is 11.5 Å². The molecule has 0 aliphatic heterocycles. The number of phenols is 1. The number of aromatic hydroxyl groups is 1. The van der Waals surface area contributed by atoms with Crippen LogP contribution >= 0.6 is 0 Å². The number of nitrogens with zero attached hydrogens (tertiary/aromatic N) is 1. The largest absolute Gasteiger partial charge is 0.504 e. The Bertz CT molecular complexity index is 469. The summed E-state index contributed by atoms with van der Waals surface area (Å²) in [6.07, 6.45) is 1.60. The standard InChI is InChI=1S/C12H14N2O3/c1-16-11-4-2-3-9(12(11)15)7-13-8-10-5-6-14-17-10/h2-6,13,15H,7-8H2,1H3. The maximum Gasteiger partial charge on any atom is 0.162 e. The second kappa shape index (κ2) is 5.36. The summed E-state index contributed by atoms with van der Waals surface area (Å²) in [5.74, 6) is 1.40. The average Bonchev–Trinajstić information content (AvgIpc) is 2.84. The van der Waals surface area contributed by atoms with E-state index < -0.39 is 0 Å². The monoisotopic (exact) mass is 234 g/mol. The molecule has 2 aromatic rings. The van der Waals surface area contributed by atoms with Gasteiger partial charge < -0.3 is 19.7 Å². The van der Waals surface area contributed by atoms with Gasteiger partial charge in [-0.25, -0.2) is 0 Å². The molecule has 2 rings (SSSR count). The normalized spacial score (nSPS) is 10.4. The molecule has 1 heterocycles. The summed E-state index contributed by atoms with van der Waals surface area (Å²) in [4.78, 5) is 0. The van der Waals surface area contributed by atoms with Crippen LogP contribution in [0.1, 0.15) is 11.3 Å². The number of methoxy groups -OCH3 is 1. The maximum atomic E-state index is 9.85. The molecule has 5 heteroatoms. The number of hydrogen-bond donors (Lipinski definition) is 2. The summed E-state index contributed by atoms with van der Waals surface area (Å²) in [5.41, 5.74) is 0.781. The Balaban J connectivity index is 1.95. The molecule has 5 nitrogen and oxygen atoms in total. The van der Waals surface area contributed by atoms with E-state index in [2.05, 4.69) is 10.5 Å². The summed E-state index contributed by atoms with van der Waals surface area (Å²) in [5, 5.41) is 16.6. The quantitative estimate of drug-likeness (QED) is 0.823. The topological polar surface area (TPSA) is 67.5 Å². The van der Waals surface area contributed by atoms with Crippen molar-refractivity contribution in [3.8, 4) is 11.5 Å². The van der Waals surface area contributed by atoms with Crippen molar-refractivity contribution in [2.24, 2.45) is 0 Å². The van der Waals surface area contributed by atoms with E-state index in [1.54, 1.807) is 18.3 Å². The molecule has 90 valence electrons. The van der Waals surface area contributed by atoms with Crippen LogP contribution in [0.4, 0.5) is 0 Å². The van der Waals surface area contributed by atoms with E-state index >= 15 is 0 Å². The van der Waals surface area contributed by atoms with Crippen molar-refractivity contribution in [2.75, 3.05) is 7.11 Å². The van der Waals surface area contributed by atoms with Crippen LogP contribution in [0, 0.1) is 0 Å². The molecule has 0 amide bonds. The van der Waals surface area contributed by atoms with Gasteiger partial charge in [-0.15, -0.1) is 0 Å². The third-order valence-corrected chi connectivity index (χ3v) is 2.41. The van der Waals surface area contributed by atoms with Crippen LogP contribution in [-0.4, -0.2) is 17.4 Å². The Hall–Kier alpha value is -2.01. The lowest BCUT2D eigenvalue weighted by Gasteiger charge is -2.08. The number of aromatic nitrogens is 1. The number of phenolic OH excluding ortho intramolecular Hbond substituents is 1. The summed E-state index contributed by atoms with van der Waals surface area (Å²) < 4.78 is 9.98. The fraction of sp³-hybridized carbons (Fsp3) is 0.250. The first-order valence-corrected chi connectivity index (χ1v) is 5.26. The first-order valence-electron chi connectivity index (χ1n) is 5.26. The summed E-state index contributed by atoms with van der Waals surface area (Å²) in [6.45, 7) is 1.10. The van der Waals surface area contributed by atoms with E-state index in [4.69, 9.17) is 9.26 Å². The van der Waals surface area contributed by atoms with Crippen molar-refractivity contribution in [1.29, 1.82) is 0 Å². The first-order chi connectivity index (χ1) is 8.31. The van der Waals surface area contributed by atoms with E-state index in [9.17, 15) is 5.11 Å². The van der Waals surface area contributed by atoms with Gasteiger partial charge >= 0.3 is 0 Å². The van der Waals surface area contributed by atoms with Crippen molar-refractivity contribution >= 4 is 0 Å². The Morgan fingerprint density at radius 1 is 1.35 bits per heavy atom. The number of benzene rings is 1. The molecular formula is C12H14N2O3. The lowest BCUT2D eigenvalue weighted by atomic mass is 10.2. The molecule has 0 saturated carbocycles. The van der Waals surface area contributed by atoms with Crippen molar-refractivity contribution in [2.45, 2.75) is 13.1 Å². The van der Waals surface area contributed by atoms with E-state index in [0.29, 0.717) is 18.8 Å². The molecule has 0 unspecified atom stereocenters. The molecule has 0 fully saturated rings. The number of hydrogen-bond acceptors (Lipinski definition) is 5. The molecule has 1 aromatic heterocycles.